The van der Waals surface area contributed by atoms with Crippen molar-refractivity contribution >= 4 is 29.9 Å². The molecule has 0 unspecified atom stereocenters. The number of imidazole rings is 1. The number of hydrogen-bond donors (Lipinski definition) is 2. The minimum atomic E-state index is 0. The van der Waals surface area contributed by atoms with Gasteiger partial charge in [-0.25, -0.2) is 9.98 Å². The summed E-state index contributed by atoms with van der Waals surface area (Å²) in [4.78, 5) is 9.09. The van der Waals surface area contributed by atoms with Crippen LogP contribution in [-0.4, -0.2) is 29.2 Å². The van der Waals surface area contributed by atoms with Crippen molar-refractivity contribution in [1.82, 2.24) is 20.2 Å². The number of halogens is 1. The van der Waals surface area contributed by atoms with Gasteiger partial charge in [0.2, 0.25) is 0 Å². The topological polar surface area (TPSA) is 63.5 Å². The predicted molar refractivity (Wildman–Crippen MR) is 117 cm³/mol. The molecule has 144 valence electrons. The van der Waals surface area contributed by atoms with Gasteiger partial charge in [0.1, 0.15) is 11.6 Å². The van der Waals surface area contributed by atoms with Gasteiger partial charge in [-0.1, -0.05) is 26.0 Å². The maximum absolute atomic E-state index is 5.26. The highest BCUT2D eigenvalue weighted by Gasteiger charge is 2.06. The minimum Gasteiger partial charge on any atom is -0.497 e. The molecule has 0 aliphatic carbocycles. The fraction of sp³-hybridized carbons (Fsp3) is 0.474. The van der Waals surface area contributed by atoms with Gasteiger partial charge in [0.25, 0.3) is 0 Å². The zero-order valence-electron chi connectivity index (χ0n) is 16.0. The smallest absolute Gasteiger partial charge is 0.191 e. The maximum atomic E-state index is 5.26. The molecule has 0 saturated carbocycles. The Kier molecular flexibility index (Phi) is 10.1. The number of benzene rings is 1. The molecule has 0 amide bonds. The highest BCUT2D eigenvalue weighted by atomic mass is 127. The van der Waals surface area contributed by atoms with E-state index in [1.165, 1.54) is 0 Å². The minimum absolute atomic E-state index is 0. The Balaban J connectivity index is 0.00000338. The lowest BCUT2D eigenvalue weighted by Crippen LogP contribution is -2.37. The Bertz CT molecular complexity index is 684. The molecular formula is C19H30IN5O. The van der Waals surface area contributed by atoms with Crippen molar-refractivity contribution in [3.8, 4) is 5.75 Å². The Morgan fingerprint density at radius 2 is 2.12 bits per heavy atom. The number of aliphatic imine (C=N–C) groups is 1. The second kappa shape index (κ2) is 11.8. The summed E-state index contributed by atoms with van der Waals surface area (Å²) in [5.41, 5.74) is 1.11. The summed E-state index contributed by atoms with van der Waals surface area (Å²) in [6, 6.07) is 7.96. The van der Waals surface area contributed by atoms with Gasteiger partial charge in [-0.3, -0.25) is 0 Å². The SMILES string of the molecule is CCNC(=NCc1cccc(OC)c1)NCc1nccn1CC(C)C.I. The number of hydrogen-bond acceptors (Lipinski definition) is 3. The van der Waals surface area contributed by atoms with E-state index in [4.69, 9.17) is 4.74 Å². The molecule has 0 saturated heterocycles. The normalized spacial score (nSPS) is 11.2. The zero-order valence-corrected chi connectivity index (χ0v) is 18.4. The van der Waals surface area contributed by atoms with Gasteiger partial charge >= 0.3 is 0 Å². The van der Waals surface area contributed by atoms with E-state index in [1.54, 1.807) is 7.11 Å². The van der Waals surface area contributed by atoms with Crippen molar-refractivity contribution in [2.45, 2.75) is 40.4 Å². The third-order valence-corrected chi connectivity index (χ3v) is 3.68. The summed E-state index contributed by atoms with van der Waals surface area (Å²) in [6.45, 7) is 9.48. The maximum Gasteiger partial charge on any atom is 0.191 e. The number of nitrogens with one attached hydrogen (secondary N) is 2. The van der Waals surface area contributed by atoms with Crippen LogP contribution in [0.5, 0.6) is 5.75 Å². The Hall–Kier alpha value is -1.77. The molecule has 0 radical (unpaired) electrons. The molecule has 2 rings (SSSR count). The first-order valence-electron chi connectivity index (χ1n) is 8.77. The molecule has 26 heavy (non-hydrogen) atoms. The van der Waals surface area contributed by atoms with Crippen LogP contribution >= 0.6 is 24.0 Å². The van der Waals surface area contributed by atoms with Crippen LogP contribution in [0.4, 0.5) is 0 Å². The number of aromatic nitrogens is 2. The quantitative estimate of drug-likeness (QED) is 0.352. The molecule has 1 heterocycles. The van der Waals surface area contributed by atoms with E-state index in [1.807, 2.05) is 36.7 Å². The Labute approximate surface area is 173 Å². The van der Waals surface area contributed by atoms with Crippen LogP contribution in [0.25, 0.3) is 0 Å². The summed E-state index contributed by atoms with van der Waals surface area (Å²) in [7, 11) is 1.67. The van der Waals surface area contributed by atoms with E-state index in [0.29, 0.717) is 19.0 Å². The predicted octanol–water partition coefficient (Wildman–Crippen LogP) is 3.42. The van der Waals surface area contributed by atoms with Crippen LogP contribution < -0.4 is 15.4 Å². The lowest BCUT2D eigenvalue weighted by Gasteiger charge is -2.14. The molecular weight excluding hydrogens is 441 g/mol. The largest absolute Gasteiger partial charge is 0.497 e. The molecule has 6 nitrogen and oxygen atoms in total. The van der Waals surface area contributed by atoms with Crippen LogP contribution in [0.1, 0.15) is 32.2 Å². The van der Waals surface area contributed by atoms with Crippen molar-refractivity contribution in [2.24, 2.45) is 10.9 Å². The number of methoxy groups -OCH3 is 1. The Morgan fingerprint density at radius 1 is 1.31 bits per heavy atom. The van der Waals surface area contributed by atoms with Crippen molar-refractivity contribution < 1.29 is 4.74 Å². The van der Waals surface area contributed by atoms with Crippen LogP contribution in [0, 0.1) is 5.92 Å². The van der Waals surface area contributed by atoms with E-state index in [9.17, 15) is 0 Å². The number of rotatable bonds is 8. The fourth-order valence-electron chi connectivity index (χ4n) is 2.51. The average Bonchev–Trinajstić information content (AvgIpc) is 3.04. The lowest BCUT2D eigenvalue weighted by molar-refractivity contribution is 0.414. The highest BCUT2D eigenvalue weighted by molar-refractivity contribution is 14.0. The van der Waals surface area contributed by atoms with Crippen LogP contribution in [-0.2, 0) is 19.6 Å². The monoisotopic (exact) mass is 471 g/mol. The molecule has 1 aromatic carbocycles. The number of nitrogens with zero attached hydrogens (tertiary/aromatic N) is 3. The molecule has 1 aromatic heterocycles. The van der Waals surface area contributed by atoms with E-state index in [-0.39, 0.29) is 24.0 Å². The zero-order chi connectivity index (χ0) is 18.1. The lowest BCUT2D eigenvalue weighted by atomic mass is 10.2. The molecule has 7 heteroatoms. The first kappa shape index (κ1) is 22.3. The van der Waals surface area contributed by atoms with E-state index in [0.717, 1.165) is 36.2 Å². The molecule has 0 aliphatic heterocycles. The molecule has 2 aromatic rings. The summed E-state index contributed by atoms with van der Waals surface area (Å²) >= 11 is 0. The van der Waals surface area contributed by atoms with Gasteiger partial charge in [-0.15, -0.1) is 24.0 Å². The molecule has 0 aliphatic rings. The second-order valence-corrected chi connectivity index (χ2v) is 6.29. The molecule has 0 atom stereocenters. The summed E-state index contributed by atoms with van der Waals surface area (Å²) in [5, 5.41) is 6.63. The van der Waals surface area contributed by atoms with Crippen molar-refractivity contribution in [3.05, 3.63) is 48.0 Å². The van der Waals surface area contributed by atoms with Crippen molar-refractivity contribution in [1.29, 1.82) is 0 Å². The first-order valence-corrected chi connectivity index (χ1v) is 8.77. The fourth-order valence-corrected chi connectivity index (χ4v) is 2.51. The van der Waals surface area contributed by atoms with Crippen molar-refractivity contribution in [2.75, 3.05) is 13.7 Å². The third kappa shape index (κ3) is 7.23. The number of guanidine groups is 1. The van der Waals surface area contributed by atoms with Crippen LogP contribution in [0.2, 0.25) is 0 Å². The van der Waals surface area contributed by atoms with Gasteiger partial charge in [0.15, 0.2) is 5.96 Å². The molecule has 0 bridgehead atoms. The van der Waals surface area contributed by atoms with Gasteiger partial charge in [-0.05, 0) is 30.5 Å². The second-order valence-electron chi connectivity index (χ2n) is 6.29. The van der Waals surface area contributed by atoms with Gasteiger partial charge in [0, 0.05) is 25.5 Å². The Morgan fingerprint density at radius 3 is 2.81 bits per heavy atom. The summed E-state index contributed by atoms with van der Waals surface area (Å²) < 4.78 is 7.44. The molecule has 0 fully saturated rings. The van der Waals surface area contributed by atoms with Gasteiger partial charge in [0.05, 0.1) is 20.2 Å². The highest BCUT2D eigenvalue weighted by Crippen LogP contribution is 2.13. The molecule has 2 N–H and O–H groups in total. The average molecular weight is 471 g/mol. The van der Waals surface area contributed by atoms with Crippen molar-refractivity contribution in [3.63, 3.8) is 0 Å². The van der Waals surface area contributed by atoms with E-state index in [2.05, 4.69) is 45.9 Å². The molecule has 0 spiro atoms. The number of ether oxygens (including phenoxy) is 1. The van der Waals surface area contributed by atoms with Crippen LogP contribution in [0.3, 0.4) is 0 Å². The van der Waals surface area contributed by atoms with Crippen LogP contribution in [0.15, 0.2) is 41.7 Å². The summed E-state index contributed by atoms with van der Waals surface area (Å²) in [5.74, 6) is 3.23. The standard InChI is InChI=1S/C19H29N5O.HI/c1-5-20-19(22-12-16-7-6-8-17(11-16)25-4)23-13-18-21-9-10-24(18)14-15(2)3;/h6-11,15H,5,12-14H2,1-4H3,(H2,20,22,23);1H. The first-order chi connectivity index (χ1) is 12.1. The van der Waals surface area contributed by atoms with Gasteiger partial charge in [-0.2, -0.15) is 0 Å². The van der Waals surface area contributed by atoms with E-state index < -0.39 is 0 Å². The van der Waals surface area contributed by atoms with E-state index >= 15 is 0 Å². The van der Waals surface area contributed by atoms with Gasteiger partial charge < -0.3 is 19.9 Å². The third-order valence-electron chi connectivity index (χ3n) is 3.68. The summed E-state index contributed by atoms with van der Waals surface area (Å²) in [6.07, 6.45) is 3.87.